The summed E-state index contributed by atoms with van der Waals surface area (Å²) in [6.07, 6.45) is 3.32. The number of nitrogens with zero attached hydrogens (tertiary/aromatic N) is 2. The Hall–Kier alpha value is -1.38. The normalized spacial score (nSPS) is 22.4. The van der Waals surface area contributed by atoms with Gasteiger partial charge in [0.15, 0.2) is 0 Å². The van der Waals surface area contributed by atoms with Gasteiger partial charge in [0.2, 0.25) is 5.91 Å². The predicted molar refractivity (Wildman–Crippen MR) is 49.0 cm³/mol. The molecule has 0 N–H and O–H groups in total. The second-order valence-electron chi connectivity index (χ2n) is 3.31. The highest BCUT2D eigenvalue weighted by atomic mass is 16.2. The van der Waals surface area contributed by atoms with Gasteiger partial charge in [-0.3, -0.25) is 9.78 Å². The molecule has 1 unspecified atom stereocenters. The maximum absolute atomic E-state index is 11.3. The van der Waals surface area contributed by atoms with E-state index < -0.39 is 0 Å². The van der Waals surface area contributed by atoms with Gasteiger partial charge in [0.25, 0.3) is 0 Å². The van der Waals surface area contributed by atoms with Crippen LogP contribution in [0.3, 0.4) is 0 Å². The Bertz CT molecular complexity index is 310. The molecule has 1 saturated heterocycles. The number of rotatable bonds is 1. The number of hydrogen-bond donors (Lipinski definition) is 0. The van der Waals surface area contributed by atoms with E-state index in [0.717, 1.165) is 12.1 Å². The SMILES string of the molecule is CN1C(=O)CCC1c1ccccn1. The quantitative estimate of drug-likeness (QED) is 0.647. The average molecular weight is 176 g/mol. The van der Waals surface area contributed by atoms with E-state index in [1.165, 1.54) is 0 Å². The molecule has 1 aromatic heterocycles. The van der Waals surface area contributed by atoms with Crippen LogP contribution in [0.25, 0.3) is 0 Å². The number of amides is 1. The lowest BCUT2D eigenvalue weighted by atomic mass is 10.1. The first kappa shape index (κ1) is 8.23. The van der Waals surface area contributed by atoms with Crippen molar-refractivity contribution in [3.63, 3.8) is 0 Å². The molecule has 68 valence electrons. The summed E-state index contributed by atoms with van der Waals surface area (Å²) in [6, 6.07) is 6.01. The van der Waals surface area contributed by atoms with Crippen LogP contribution in [0.5, 0.6) is 0 Å². The molecule has 1 fully saturated rings. The molecule has 0 aliphatic carbocycles. The average Bonchev–Trinajstić information content (AvgIpc) is 2.49. The fraction of sp³-hybridized carbons (Fsp3) is 0.400. The lowest BCUT2D eigenvalue weighted by Gasteiger charge is -2.18. The standard InChI is InChI=1S/C10H12N2O/c1-12-9(5-6-10(12)13)8-4-2-3-7-11-8/h2-4,7,9H,5-6H2,1H3. The van der Waals surface area contributed by atoms with Crippen LogP contribution in [0.2, 0.25) is 0 Å². The van der Waals surface area contributed by atoms with Gasteiger partial charge in [-0.25, -0.2) is 0 Å². The van der Waals surface area contributed by atoms with Gasteiger partial charge in [0.05, 0.1) is 11.7 Å². The van der Waals surface area contributed by atoms with Crippen LogP contribution in [-0.2, 0) is 4.79 Å². The minimum absolute atomic E-state index is 0.189. The number of pyridine rings is 1. The third-order valence-electron chi connectivity index (χ3n) is 2.52. The summed E-state index contributed by atoms with van der Waals surface area (Å²) in [4.78, 5) is 17.3. The van der Waals surface area contributed by atoms with Gasteiger partial charge in [-0.05, 0) is 18.6 Å². The molecule has 1 aliphatic heterocycles. The zero-order valence-electron chi connectivity index (χ0n) is 7.60. The van der Waals surface area contributed by atoms with Crippen molar-refractivity contribution >= 4 is 5.91 Å². The highest BCUT2D eigenvalue weighted by Gasteiger charge is 2.29. The molecule has 0 saturated carbocycles. The first-order chi connectivity index (χ1) is 6.29. The molecule has 2 rings (SSSR count). The molecule has 3 nitrogen and oxygen atoms in total. The fourth-order valence-corrected chi connectivity index (χ4v) is 1.72. The van der Waals surface area contributed by atoms with Crippen LogP contribution in [0.4, 0.5) is 0 Å². The Morgan fingerprint density at radius 2 is 2.38 bits per heavy atom. The minimum Gasteiger partial charge on any atom is -0.337 e. The molecule has 2 heterocycles. The van der Waals surface area contributed by atoms with Crippen LogP contribution >= 0.6 is 0 Å². The van der Waals surface area contributed by atoms with Gasteiger partial charge < -0.3 is 4.90 Å². The van der Waals surface area contributed by atoms with Crippen molar-refractivity contribution in [1.29, 1.82) is 0 Å². The van der Waals surface area contributed by atoms with Crippen LogP contribution < -0.4 is 0 Å². The highest BCUT2D eigenvalue weighted by molar-refractivity contribution is 5.78. The molecule has 1 amide bonds. The van der Waals surface area contributed by atoms with Crippen LogP contribution in [-0.4, -0.2) is 22.8 Å². The Morgan fingerprint density at radius 3 is 2.92 bits per heavy atom. The summed E-state index contributed by atoms with van der Waals surface area (Å²) in [5.41, 5.74) is 0.996. The molecule has 0 bridgehead atoms. The Balaban J connectivity index is 2.24. The molecule has 0 radical (unpaired) electrons. The van der Waals surface area contributed by atoms with E-state index in [1.54, 1.807) is 11.1 Å². The monoisotopic (exact) mass is 176 g/mol. The van der Waals surface area contributed by atoms with Gasteiger partial charge in [0, 0.05) is 19.7 Å². The number of likely N-dealkylation sites (tertiary alicyclic amines) is 1. The number of hydrogen-bond acceptors (Lipinski definition) is 2. The Morgan fingerprint density at radius 1 is 1.54 bits per heavy atom. The van der Waals surface area contributed by atoms with Gasteiger partial charge >= 0.3 is 0 Å². The van der Waals surface area contributed by atoms with Crippen LogP contribution in [0.15, 0.2) is 24.4 Å². The van der Waals surface area contributed by atoms with E-state index in [-0.39, 0.29) is 11.9 Å². The zero-order valence-corrected chi connectivity index (χ0v) is 7.60. The second kappa shape index (κ2) is 3.17. The second-order valence-corrected chi connectivity index (χ2v) is 3.31. The van der Waals surface area contributed by atoms with E-state index in [4.69, 9.17) is 0 Å². The van der Waals surface area contributed by atoms with E-state index >= 15 is 0 Å². The highest BCUT2D eigenvalue weighted by Crippen LogP contribution is 2.29. The molecular formula is C10H12N2O. The lowest BCUT2D eigenvalue weighted by molar-refractivity contribution is -0.127. The van der Waals surface area contributed by atoms with Crippen molar-refractivity contribution in [2.24, 2.45) is 0 Å². The molecule has 13 heavy (non-hydrogen) atoms. The van der Waals surface area contributed by atoms with Crippen LogP contribution in [0, 0.1) is 0 Å². The summed E-state index contributed by atoms with van der Waals surface area (Å²) in [5.74, 6) is 0.218. The van der Waals surface area contributed by atoms with Gasteiger partial charge in [0.1, 0.15) is 0 Å². The summed E-state index contributed by atoms with van der Waals surface area (Å²) >= 11 is 0. The van der Waals surface area contributed by atoms with Gasteiger partial charge in [-0.15, -0.1) is 0 Å². The fourth-order valence-electron chi connectivity index (χ4n) is 1.72. The maximum Gasteiger partial charge on any atom is 0.222 e. The molecule has 1 atom stereocenters. The lowest BCUT2D eigenvalue weighted by Crippen LogP contribution is -2.22. The van der Waals surface area contributed by atoms with Crippen molar-refractivity contribution in [2.45, 2.75) is 18.9 Å². The summed E-state index contributed by atoms with van der Waals surface area (Å²) in [7, 11) is 1.84. The molecule has 1 aromatic rings. The third kappa shape index (κ3) is 1.41. The molecule has 0 aromatic carbocycles. The predicted octanol–water partition coefficient (Wildman–Crippen LogP) is 1.37. The van der Waals surface area contributed by atoms with E-state index in [1.807, 2.05) is 25.2 Å². The number of carbonyl (C=O) groups is 1. The summed E-state index contributed by atoms with van der Waals surface area (Å²) < 4.78 is 0. The zero-order chi connectivity index (χ0) is 9.26. The van der Waals surface area contributed by atoms with Gasteiger partial charge in [-0.2, -0.15) is 0 Å². The molecule has 3 heteroatoms. The van der Waals surface area contributed by atoms with Crippen molar-refractivity contribution in [1.82, 2.24) is 9.88 Å². The minimum atomic E-state index is 0.189. The first-order valence-electron chi connectivity index (χ1n) is 4.45. The maximum atomic E-state index is 11.3. The van der Waals surface area contributed by atoms with Crippen molar-refractivity contribution in [2.75, 3.05) is 7.05 Å². The molecular weight excluding hydrogens is 164 g/mol. The smallest absolute Gasteiger partial charge is 0.222 e. The third-order valence-corrected chi connectivity index (χ3v) is 2.52. The summed E-state index contributed by atoms with van der Waals surface area (Å²) in [6.45, 7) is 0. The largest absolute Gasteiger partial charge is 0.337 e. The van der Waals surface area contributed by atoms with Crippen molar-refractivity contribution in [3.05, 3.63) is 30.1 Å². The van der Waals surface area contributed by atoms with Crippen molar-refractivity contribution in [3.8, 4) is 0 Å². The first-order valence-corrected chi connectivity index (χ1v) is 4.45. The van der Waals surface area contributed by atoms with Crippen LogP contribution in [0.1, 0.15) is 24.6 Å². The van der Waals surface area contributed by atoms with E-state index in [9.17, 15) is 4.79 Å². The topological polar surface area (TPSA) is 33.2 Å². The van der Waals surface area contributed by atoms with E-state index in [2.05, 4.69) is 4.98 Å². The molecule has 1 aliphatic rings. The molecule has 0 spiro atoms. The van der Waals surface area contributed by atoms with Crippen molar-refractivity contribution < 1.29 is 4.79 Å². The summed E-state index contributed by atoms with van der Waals surface area (Å²) in [5, 5.41) is 0. The Kier molecular flexibility index (Phi) is 2.00. The van der Waals surface area contributed by atoms with Gasteiger partial charge in [-0.1, -0.05) is 6.07 Å². The Labute approximate surface area is 77.4 Å². The van der Waals surface area contributed by atoms with E-state index in [0.29, 0.717) is 6.42 Å². The number of aromatic nitrogens is 1. The number of carbonyl (C=O) groups excluding carboxylic acids is 1.